The smallest absolute Gasteiger partial charge is 0.328 e. The summed E-state index contributed by atoms with van der Waals surface area (Å²) < 4.78 is 5.08. The van der Waals surface area contributed by atoms with Crippen LogP contribution >= 0.6 is 0 Å². The molecule has 0 aliphatic carbocycles. The van der Waals surface area contributed by atoms with Crippen LogP contribution in [0.1, 0.15) is 36.0 Å². The fourth-order valence-corrected chi connectivity index (χ4v) is 6.46. The summed E-state index contributed by atoms with van der Waals surface area (Å²) in [6.07, 6.45) is 4.30. The van der Waals surface area contributed by atoms with Crippen molar-refractivity contribution in [3.05, 3.63) is 102 Å². The lowest BCUT2D eigenvalue weighted by atomic mass is 9.92. The van der Waals surface area contributed by atoms with Crippen molar-refractivity contribution in [3.63, 3.8) is 0 Å². The number of rotatable bonds is 12. The van der Waals surface area contributed by atoms with Crippen LogP contribution in [0.15, 0.2) is 85.2 Å². The average Bonchev–Trinajstić information content (AvgIpc) is 3.80. The standard InChI is InChI=1S/C36H38N6O5/c1-21(43)40-31(15-22-18-37-28-12-6-3-9-25(22)28)34(44)41-32(16-23-19-38-29-13-7-4-10-26(23)29)35(45)42-33(36(46)47-2)17-24-20-39-30-14-8-5-11-27(24)30/h3-14,18,20,23,31-33,37-39H,15-17,19H2,1-2H3,(H,40,43)(H,41,44)(H,42,45)/t23-,31-,32-,33-/m0/s1. The molecule has 3 amide bonds. The number of fused-ring (bicyclic) bond motifs is 3. The fraction of sp³-hybridized carbons (Fsp3) is 0.278. The Hall–Kier alpha value is -5.58. The van der Waals surface area contributed by atoms with E-state index in [1.165, 1.54) is 14.0 Å². The highest BCUT2D eigenvalue weighted by atomic mass is 16.5. The molecule has 11 heteroatoms. The molecule has 4 atom stereocenters. The molecule has 0 bridgehead atoms. The highest BCUT2D eigenvalue weighted by Crippen LogP contribution is 2.34. The number of hydrogen-bond donors (Lipinski definition) is 6. The van der Waals surface area contributed by atoms with Crippen LogP contribution in [0.5, 0.6) is 0 Å². The van der Waals surface area contributed by atoms with Gasteiger partial charge in [0, 0.05) is 72.1 Å². The first-order valence-electron chi connectivity index (χ1n) is 15.7. The minimum absolute atomic E-state index is 0.0831. The summed E-state index contributed by atoms with van der Waals surface area (Å²) >= 11 is 0. The van der Waals surface area contributed by atoms with Gasteiger partial charge in [-0.15, -0.1) is 0 Å². The minimum Gasteiger partial charge on any atom is -0.467 e. The van der Waals surface area contributed by atoms with Crippen LogP contribution in [0.25, 0.3) is 21.8 Å². The molecule has 5 aromatic rings. The molecule has 1 aliphatic heterocycles. The topological polar surface area (TPSA) is 157 Å². The molecule has 0 radical (unpaired) electrons. The van der Waals surface area contributed by atoms with E-state index in [1.54, 1.807) is 0 Å². The fourth-order valence-electron chi connectivity index (χ4n) is 6.46. The third-order valence-corrected chi connectivity index (χ3v) is 8.79. The second-order valence-corrected chi connectivity index (χ2v) is 11.9. The molecule has 6 rings (SSSR count). The Morgan fingerprint density at radius 1 is 0.745 bits per heavy atom. The van der Waals surface area contributed by atoms with E-state index in [0.29, 0.717) is 6.54 Å². The number of aromatic nitrogens is 2. The minimum atomic E-state index is -1.02. The van der Waals surface area contributed by atoms with Gasteiger partial charge in [0.2, 0.25) is 17.7 Å². The number of ether oxygens (including phenoxy) is 1. The van der Waals surface area contributed by atoms with Gasteiger partial charge in [0.25, 0.3) is 0 Å². The van der Waals surface area contributed by atoms with Crippen LogP contribution < -0.4 is 21.3 Å². The lowest BCUT2D eigenvalue weighted by molar-refractivity contribution is -0.145. The zero-order chi connectivity index (χ0) is 32.9. The third kappa shape index (κ3) is 6.99. The maximum absolute atomic E-state index is 14.1. The number of methoxy groups -OCH3 is 1. The van der Waals surface area contributed by atoms with Crippen molar-refractivity contribution in [2.24, 2.45) is 0 Å². The number of carbonyl (C=O) groups is 4. The first-order chi connectivity index (χ1) is 22.8. The molecule has 3 aromatic carbocycles. The molecule has 242 valence electrons. The van der Waals surface area contributed by atoms with Crippen molar-refractivity contribution in [3.8, 4) is 0 Å². The van der Waals surface area contributed by atoms with E-state index < -0.39 is 35.9 Å². The summed E-state index contributed by atoms with van der Waals surface area (Å²) in [6.45, 7) is 1.94. The molecule has 47 heavy (non-hydrogen) atoms. The molecule has 0 saturated heterocycles. The van der Waals surface area contributed by atoms with Crippen molar-refractivity contribution < 1.29 is 23.9 Å². The highest BCUT2D eigenvalue weighted by Gasteiger charge is 2.34. The van der Waals surface area contributed by atoms with E-state index in [9.17, 15) is 19.2 Å². The van der Waals surface area contributed by atoms with Gasteiger partial charge in [-0.25, -0.2) is 4.79 Å². The zero-order valence-corrected chi connectivity index (χ0v) is 26.3. The molecule has 0 saturated carbocycles. The molecule has 0 unspecified atom stereocenters. The van der Waals surface area contributed by atoms with Gasteiger partial charge in [-0.2, -0.15) is 0 Å². The van der Waals surface area contributed by atoms with Gasteiger partial charge in [0.15, 0.2) is 0 Å². The van der Waals surface area contributed by atoms with Gasteiger partial charge < -0.3 is 36.0 Å². The SMILES string of the molecule is COC(=O)[C@H](Cc1c[nH]c2ccccc12)NC(=O)[C@H](C[C@H]1CNc2ccccc21)NC(=O)[C@H](Cc1c[nH]c2ccccc12)NC(C)=O. The predicted molar refractivity (Wildman–Crippen MR) is 180 cm³/mol. The van der Waals surface area contributed by atoms with Crippen LogP contribution in [-0.2, 0) is 36.8 Å². The number of carbonyl (C=O) groups excluding carboxylic acids is 4. The normalized spacial score (nSPS) is 15.7. The van der Waals surface area contributed by atoms with Crippen molar-refractivity contribution in [2.45, 2.75) is 50.2 Å². The Morgan fingerprint density at radius 3 is 1.94 bits per heavy atom. The maximum atomic E-state index is 14.1. The Kier molecular flexibility index (Phi) is 9.23. The number of nitrogens with one attached hydrogen (secondary N) is 6. The van der Waals surface area contributed by atoms with Crippen molar-refractivity contribution >= 4 is 51.2 Å². The van der Waals surface area contributed by atoms with Gasteiger partial charge in [-0.3, -0.25) is 14.4 Å². The monoisotopic (exact) mass is 634 g/mol. The van der Waals surface area contributed by atoms with E-state index in [0.717, 1.165) is 44.2 Å². The number of aromatic amines is 2. The molecule has 11 nitrogen and oxygen atoms in total. The van der Waals surface area contributed by atoms with Gasteiger partial charge >= 0.3 is 5.97 Å². The van der Waals surface area contributed by atoms with Crippen LogP contribution in [0, 0.1) is 0 Å². The molecule has 0 fully saturated rings. The van der Waals surface area contributed by atoms with Crippen LogP contribution in [0.4, 0.5) is 5.69 Å². The van der Waals surface area contributed by atoms with E-state index in [2.05, 4.69) is 31.2 Å². The largest absolute Gasteiger partial charge is 0.467 e. The number of H-pyrrole nitrogens is 2. The number of esters is 1. The zero-order valence-electron chi connectivity index (χ0n) is 26.3. The van der Waals surface area contributed by atoms with Gasteiger partial charge in [0.05, 0.1) is 7.11 Å². The molecule has 0 spiro atoms. The van der Waals surface area contributed by atoms with E-state index in [-0.39, 0.29) is 31.1 Å². The number of anilines is 1. The van der Waals surface area contributed by atoms with Gasteiger partial charge in [-0.1, -0.05) is 54.6 Å². The van der Waals surface area contributed by atoms with Gasteiger partial charge in [-0.05, 0) is 41.3 Å². The molecular formula is C36H38N6O5. The summed E-state index contributed by atoms with van der Waals surface area (Å²) in [5, 5.41) is 13.8. The molecule has 1 aliphatic rings. The lowest BCUT2D eigenvalue weighted by Gasteiger charge is -2.26. The lowest BCUT2D eigenvalue weighted by Crippen LogP contribution is -2.56. The van der Waals surface area contributed by atoms with Crippen molar-refractivity contribution in [1.29, 1.82) is 0 Å². The first-order valence-corrected chi connectivity index (χ1v) is 15.7. The number of benzene rings is 3. The summed E-state index contributed by atoms with van der Waals surface area (Å²) in [7, 11) is 1.28. The Bertz CT molecular complexity index is 1930. The third-order valence-electron chi connectivity index (χ3n) is 8.79. The summed E-state index contributed by atoms with van der Waals surface area (Å²) in [6, 6.07) is 20.3. The van der Waals surface area contributed by atoms with E-state index >= 15 is 0 Å². The number of amides is 3. The van der Waals surface area contributed by atoms with E-state index in [1.807, 2.05) is 85.2 Å². The summed E-state index contributed by atoms with van der Waals surface area (Å²) in [5.41, 5.74) is 5.54. The van der Waals surface area contributed by atoms with Crippen LogP contribution in [-0.4, -0.2) is 65.4 Å². The van der Waals surface area contributed by atoms with Crippen LogP contribution in [0.3, 0.4) is 0 Å². The highest BCUT2D eigenvalue weighted by molar-refractivity contribution is 5.94. The van der Waals surface area contributed by atoms with Gasteiger partial charge in [0.1, 0.15) is 18.1 Å². The maximum Gasteiger partial charge on any atom is 0.328 e. The van der Waals surface area contributed by atoms with E-state index in [4.69, 9.17) is 4.74 Å². The summed E-state index contributed by atoms with van der Waals surface area (Å²) in [4.78, 5) is 59.6. The first kappa shape index (κ1) is 31.4. The quantitative estimate of drug-likeness (QED) is 0.115. The Morgan fingerprint density at radius 2 is 1.30 bits per heavy atom. The van der Waals surface area contributed by atoms with Crippen molar-refractivity contribution in [1.82, 2.24) is 25.9 Å². The molecule has 3 heterocycles. The number of hydrogen-bond acceptors (Lipinski definition) is 6. The summed E-state index contributed by atoms with van der Waals surface area (Å²) in [5.74, 6) is -2.08. The predicted octanol–water partition coefficient (Wildman–Crippen LogP) is 3.68. The second-order valence-electron chi connectivity index (χ2n) is 11.9. The molecule has 2 aromatic heterocycles. The molecule has 6 N–H and O–H groups in total. The Labute approximate surface area is 271 Å². The number of para-hydroxylation sites is 3. The van der Waals surface area contributed by atoms with Crippen LogP contribution in [0.2, 0.25) is 0 Å². The average molecular weight is 635 g/mol. The van der Waals surface area contributed by atoms with Crippen molar-refractivity contribution in [2.75, 3.05) is 19.0 Å². The molecular weight excluding hydrogens is 596 g/mol. The second kappa shape index (κ2) is 13.8. The Balaban J connectivity index is 1.26.